The van der Waals surface area contributed by atoms with Crippen LogP contribution < -0.4 is 5.32 Å². The summed E-state index contributed by atoms with van der Waals surface area (Å²) >= 11 is 0. The molecule has 1 heterocycles. The molecule has 1 aliphatic carbocycles. The SMILES string of the molecule is CC(=CCCNC(C)C)C1CCOC2(CCCC2)C1. The molecule has 1 saturated carbocycles. The highest BCUT2D eigenvalue weighted by molar-refractivity contribution is 5.08. The number of nitrogens with one attached hydrogen (secondary N) is 1. The van der Waals surface area contributed by atoms with E-state index in [-0.39, 0.29) is 5.60 Å². The molecule has 110 valence electrons. The van der Waals surface area contributed by atoms with Crippen molar-refractivity contribution in [1.82, 2.24) is 5.32 Å². The van der Waals surface area contributed by atoms with Crippen molar-refractivity contribution in [2.45, 2.75) is 77.4 Å². The molecule has 0 aromatic heterocycles. The Hall–Kier alpha value is -0.340. The Bertz CT molecular complexity index is 302. The Labute approximate surface area is 119 Å². The Kier molecular flexibility index (Phi) is 5.47. The topological polar surface area (TPSA) is 21.3 Å². The van der Waals surface area contributed by atoms with Crippen LogP contribution in [0.4, 0.5) is 0 Å². The van der Waals surface area contributed by atoms with Crippen molar-refractivity contribution in [2.24, 2.45) is 5.92 Å². The molecule has 0 aromatic carbocycles. The van der Waals surface area contributed by atoms with Crippen molar-refractivity contribution in [1.29, 1.82) is 0 Å². The summed E-state index contributed by atoms with van der Waals surface area (Å²) in [6.07, 6.45) is 11.4. The molecular formula is C17H31NO. The number of hydrogen-bond donors (Lipinski definition) is 1. The monoisotopic (exact) mass is 265 g/mol. The first-order valence-electron chi connectivity index (χ1n) is 8.15. The molecule has 1 unspecified atom stereocenters. The van der Waals surface area contributed by atoms with Gasteiger partial charge in [-0.2, -0.15) is 0 Å². The van der Waals surface area contributed by atoms with E-state index in [1.54, 1.807) is 5.57 Å². The summed E-state index contributed by atoms with van der Waals surface area (Å²) in [7, 11) is 0. The van der Waals surface area contributed by atoms with E-state index in [0.717, 1.165) is 25.5 Å². The minimum atomic E-state index is 0.258. The lowest BCUT2D eigenvalue weighted by atomic mass is 9.81. The summed E-state index contributed by atoms with van der Waals surface area (Å²) in [4.78, 5) is 0. The van der Waals surface area contributed by atoms with E-state index >= 15 is 0 Å². The molecule has 1 spiro atoms. The number of ether oxygens (including phenoxy) is 1. The van der Waals surface area contributed by atoms with Gasteiger partial charge >= 0.3 is 0 Å². The van der Waals surface area contributed by atoms with E-state index in [1.165, 1.54) is 38.5 Å². The van der Waals surface area contributed by atoms with E-state index in [1.807, 2.05) is 0 Å². The van der Waals surface area contributed by atoms with Crippen molar-refractivity contribution >= 4 is 0 Å². The number of allylic oxidation sites excluding steroid dienone is 1. The fraction of sp³-hybridized carbons (Fsp3) is 0.882. The fourth-order valence-corrected chi connectivity index (χ4v) is 3.62. The first kappa shape index (κ1) is 15.1. The van der Waals surface area contributed by atoms with Crippen molar-refractivity contribution in [3.63, 3.8) is 0 Å². The van der Waals surface area contributed by atoms with Gasteiger partial charge in [-0.3, -0.25) is 0 Å². The van der Waals surface area contributed by atoms with Crippen LogP contribution >= 0.6 is 0 Å². The van der Waals surface area contributed by atoms with Crippen LogP contribution in [0.1, 0.15) is 65.7 Å². The van der Waals surface area contributed by atoms with E-state index in [4.69, 9.17) is 4.74 Å². The van der Waals surface area contributed by atoms with Crippen molar-refractivity contribution in [3.8, 4) is 0 Å². The average Bonchev–Trinajstić information content (AvgIpc) is 2.82. The Morgan fingerprint density at radius 3 is 2.79 bits per heavy atom. The van der Waals surface area contributed by atoms with Gasteiger partial charge in [0.05, 0.1) is 5.60 Å². The molecule has 2 aliphatic rings. The Morgan fingerprint density at radius 1 is 1.37 bits per heavy atom. The zero-order valence-electron chi connectivity index (χ0n) is 13.0. The molecule has 2 fully saturated rings. The molecule has 2 heteroatoms. The van der Waals surface area contributed by atoms with E-state index < -0.39 is 0 Å². The highest BCUT2D eigenvalue weighted by Gasteiger charge is 2.39. The molecule has 1 saturated heterocycles. The number of hydrogen-bond acceptors (Lipinski definition) is 2. The second-order valence-corrected chi connectivity index (χ2v) is 6.77. The maximum atomic E-state index is 6.12. The molecule has 0 amide bonds. The highest BCUT2D eigenvalue weighted by atomic mass is 16.5. The smallest absolute Gasteiger partial charge is 0.0688 e. The quantitative estimate of drug-likeness (QED) is 0.598. The van der Waals surface area contributed by atoms with E-state index in [2.05, 4.69) is 32.2 Å². The van der Waals surface area contributed by atoms with Crippen molar-refractivity contribution < 1.29 is 4.74 Å². The van der Waals surface area contributed by atoms with E-state index in [9.17, 15) is 0 Å². The normalized spacial score (nSPS) is 27.4. The molecule has 1 aliphatic heterocycles. The summed E-state index contributed by atoms with van der Waals surface area (Å²) < 4.78 is 6.12. The second-order valence-electron chi connectivity index (χ2n) is 6.77. The first-order chi connectivity index (χ1) is 9.11. The van der Waals surface area contributed by atoms with Crippen molar-refractivity contribution in [3.05, 3.63) is 11.6 Å². The minimum absolute atomic E-state index is 0.258. The maximum Gasteiger partial charge on any atom is 0.0688 e. The lowest BCUT2D eigenvalue weighted by Gasteiger charge is -2.38. The van der Waals surface area contributed by atoms with Crippen LogP contribution in [0.3, 0.4) is 0 Å². The third-order valence-corrected chi connectivity index (χ3v) is 4.81. The minimum Gasteiger partial charge on any atom is -0.375 e. The molecule has 0 bridgehead atoms. The van der Waals surface area contributed by atoms with Crippen LogP contribution in [-0.4, -0.2) is 24.8 Å². The van der Waals surface area contributed by atoms with Crippen LogP contribution in [0.5, 0.6) is 0 Å². The standard InChI is InChI=1S/C17H31NO/c1-14(2)18-11-6-7-15(3)16-8-12-19-17(13-16)9-4-5-10-17/h7,14,16,18H,4-6,8-13H2,1-3H3. The maximum absolute atomic E-state index is 6.12. The summed E-state index contributed by atoms with van der Waals surface area (Å²) in [5.41, 5.74) is 1.86. The lowest BCUT2D eigenvalue weighted by Crippen LogP contribution is -2.37. The molecule has 1 atom stereocenters. The van der Waals surface area contributed by atoms with Gasteiger partial charge in [0.25, 0.3) is 0 Å². The average molecular weight is 265 g/mol. The third kappa shape index (κ3) is 4.32. The summed E-state index contributed by atoms with van der Waals surface area (Å²) in [5, 5.41) is 3.48. The zero-order valence-corrected chi connectivity index (χ0v) is 13.0. The second kappa shape index (κ2) is 6.90. The Balaban J connectivity index is 1.81. The van der Waals surface area contributed by atoms with Crippen LogP contribution in [0.15, 0.2) is 11.6 Å². The van der Waals surface area contributed by atoms with Gasteiger partial charge in [0, 0.05) is 12.6 Å². The molecule has 2 rings (SSSR count). The van der Waals surface area contributed by atoms with Gasteiger partial charge in [0.15, 0.2) is 0 Å². The molecular weight excluding hydrogens is 234 g/mol. The molecule has 19 heavy (non-hydrogen) atoms. The van der Waals surface area contributed by atoms with Gasteiger partial charge in [0.1, 0.15) is 0 Å². The van der Waals surface area contributed by atoms with Gasteiger partial charge in [-0.25, -0.2) is 0 Å². The summed E-state index contributed by atoms with van der Waals surface area (Å²) in [6, 6.07) is 0.596. The highest BCUT2D eigenvalue weighted by Crippen LogP contribution is 2.43. The molecule has 0 radical (unpaired) electrons. The first-order valence-corrected chi connectivity index (χ1v) is 8.15. The van der Waals surface area contributed by atoms with Crippen LogP contribution in [0.25, 0.3) is 0 Å². The molecule has 2 nitrogen and oxygen atoms in total. The fourth-order valence-electron chi connectivity index (χ4n) is 3.62. The third-order valence-electron chi connectivity index (χ3n) is 4.81. The predicted octanol–water partition coefficient (Wildman–Crippen LogP) is 4.06. The predicted molar refractivity (Wildman–Crippen MR) is 81.4 cm³/mol. The molecule has 1 N–H and O–H groups in total. The van der Waals surface area contributed by atoms with Crippen molar-refractivity contribution in [2.75, 3.05) is 13.2 Å². The summed E-state index contributed by atoms with van der Waals surface area (Å²) in [5.74, 6) is 0.769. The van der Waals surface area contributed by atoms with Gasteiger partial charge in [0.2, 0.25) is 0 Å². The van der Waals surface area contributed by atoms with Gasteiger partial charge in [-0.05, 0) is 51.5 Å². The van der Waals surface area contributed by atoms with Gasteiger partial charge in [-0.15, -0.1) is 0 Å². The van der Waals surface area contributed by atoms with Gasteiger partial charge in [-0.1, -0.05) is 38.3 Å². The van der Waals surface area contributed by atoms with Crippen LogP contribution in [-0.2, 0) is 4.74 Å². The van der Waals surface area contributed by atoms with Crippen LogP contribution in [0, 0.1) is 5.92 Å². The summed E-state index contributed by atoms with van der Waals surface area (Å²) in [6.45, 7) is 8.81. The largest absolute Gasteiger partial charge is 0.375 e. The lowest BCUT2D eigenvalue weighted by molar-refractivity contribution is -0.0869. The Morgan fingerprint density at radius 2 is 2.11 bits per heavy atom. The van der Waals surface area contributed by atoms with Crippen LogP contribution in [0.2, 0.25) is 0 Å². The zero-order chi connectivity index (χ0) is 13.7. The molecule has 0 aromatic rings. The van der Waals surface area contributed by atoms with Gasteiger partial charge < -0.3 is 10.1 Å². The van der Waals surface area contributed by atoms with E-state index in [0.29, 0.717) is 6.04 Å². The number of rotatable bonds is 5.